The fourth-order valence-corrected chi connectivity index (χ4v) is 2.30. The molecule has 1 aromatic carbocycles. The highest BCUT2D eigenvalue weighted by Gasteiger charge is 2.04. The molecule has 0 spiro atoms. The van der Waals surface area contributed by atoms with E-state index in [4.69, 9.17) is 9.47 Å². The first-order valence-corrected chi connectivity index (χ1v) is 7.50. The molecular weight excluding hydrogens is 250 g/mol. The normalized spacial score (nSPS) is 12.4. The Balaban J connectivity index is 2.23. The van der Waals surface area contributed by atoms with Gasteiger partial charge in [0.25, 0.3) is 0 Å². The van der Waals surface area contributed by atoms with Crippen molar-refractivity contribution < 1.29 is 9.47 Å². The average molecular weight is 279 g/mol. The van der Waals surface area contributed by atoms with Gasteiger partial charge in [-0.3, -0.25) is 0 Å². The van der Waals surface area contributed by atoms with Crippen molar-refractivity contribution >= 4 is 0 Å². The summed E-state index contributed by atoms with van der Waals surface area (Å²) in [5.74, 6) is 1.72. The molecule has 0 bridgehead atoms. The van der Waals surface area contributed by atoms with Crippen LogP contribution in [0.25, 0.3) is 0 Å². The first kappa shape index (κ1) is 17.0. The van der Waals surface area contributed by atoms with Gasteiger partial charge in [-0.05, 0) is 55.8 Å². The van der Waals surface area contributed by atoms with Crippen LogP contribution in [0.1, 0.15) is 30.9 Å². The summed E-state index contributed by atoms with van der Waals surface area (Å²) >= 11 is 0. The van der Waals surface area contributed by atoms with E-state index >= 15 is 0 Å². The van der Waals surface area contributed by atoms with Gasteiger partial charge in [0.2, 0.25) is 0 Å². The van der Waals surface area contributed by atoms with Crippen molar-refractivity contribution in [3.8, 4) is 5.75 Å². The van der Waals surface area contributed by atoms with Crippen molar-refractivity contribution in [3.05, 3.63) is 29.3 Å². The molecule has 3 heteroatoms. The monoisotopic (exact) mass is 279 g/mol. The van der Waals surface area contributed by atoms with Gasteiger partial charge in [-0.25, -0.2) is 0 Å². The van der Waals surface area contributed by atoms with E-state index in [-0.39, 0.29) is 0 Å². The number of benzene rings is 1. The largest absolute Gasteiger partial charge is 0.496 e. The molecule has 0 heterocycles. The molecule has 0 aliphatic heterocycles. The van der Waals surface area contributed by atoms with Gasteiger partial charge in [0.1, 0.15) is 5.75 Å². The molecule has 114 valence electrons. The fraction of sp³-hybridized carbons (Fsp3) is 0.647. The van der Waals surface area contributed by atoms with Gasteiger partial charge in [0, 0.05) is 13.7 Å². The first-order chi connectivity index (χ1) is 9.67. The van der Waals surface area contributed by atoms with E-state index in [2.05, 4.69) is 37.4 Å². The van der Waals surface area contributed by atoms with Gasteiger partial charge in [-0.2, -0.15) is 0 Å². The lowest BCUT2D eigenvalue weighted by Gasteiger charge is -2.13. The minimum atomic E-state index is 0.743. The lowest BCUT2D eigenvalue weighted by molar-refractivity contribution is 0.199. The molecule has 1 rings (SSSR count). The molecule has 1 atom stereocenters. The first-order valence-electron chi connectivity index (χ1n) is 7.50. The Kier molecular flexibility index (Phi) is 8.31. The van der Waals surface area contributed by atoms with Gasteiger partial charge < -0.3 is 14.8 Å². The smallest absolute Gasteiger partial charge is 0.121 e. The SMILES string of the molecule is COCCNCCC(C)CCc1ccc(OC)c(C)c1. The van der Waals surface area contributed by atoms with Crippen molar-refractivity contribution in [1.29, 1.82) is 0 Å². The second-order valence-corrected chi connectivity index (χ2v) is 5.48. The van der Waals surface area contributed by atoms with E-state index in [1.807, 2.05) is 0 Å². The highest BCUT2D eigenvalue weighted by Crippen LogP contribution is 2.20. The van der Waals surface area contributed by atoms with E-state index in [0.717, 1.165) is 37.8 Å². The van der Waals surface area contributed by atoms with Crippen LogP contribution >= 0.6 is 0 Å². The topological polar surface area (TPSA) is 30.5 Å². The number of methoxy groups -OCH3 is 2. The molecule has 20 heavy (non-hydrogen) atoms. The van der Waals surface area contributed by atoms with Crippen molar-refractivity contribution in [2.75, 3.05) is 33.9 Å². The Bertz CT molecular complexity index is 379. The highest BCUT2D eigenvalue weighted by molar-refractivity contribution is 5.36. The Morgan fingerprint density at radius 3 is 2.60 bits per heavy atom. The summed E-state index contributed by atoms with van der Waals surface area (Å²) < 4.78 is 10.3. The molecule has 1 N–H and O–H groups in total. The van der Waals surface area contributed by atoms with Crippen LogP contribution in [0.2, 0.25) is 0 Å². The Morgan fingerprint density at radius 2 is 1.95 bits per heavy atom. The second kappa shape index (κ2) is 9.78. The van der Waals surface area contributed by atoms with Crippen LogP contribution in [0.3, 0.4) is 0 Å². The van der Waals surface area contributed by atoms with Gasteiger partial charge in [0.15, 0.2) is 0 Å². The molecule has 1 aromatic rings. The standard InChI is InChI=1S/C17H29NO2/c1-14(9-10-18-11-12-19-3)5-6-16-7-8-17(20-4)15(2)13-16/h7-8,13-14,18H,5-6,9-12H2,1-4H3. The predicted molar refractivity (Wildman–Crippen MR) is 84.6 cm³/mol. The summed E-state index contributed by atoms with van der Waals surface area (Å²) in [4.78, 5) is 0. The average Bonchev–Trinajstić information content (AvgIpc) is 2.45. The third-order valence-corrected chi connectivity index (χ3v) is 3.68. The summed E-state index contributed by atoms with van der Waals surface area (Å²) in [6, 6.07) is 6.49. The van der Waals surface area contributed by atoms with Gasteiger partial charge >= 0.3 is 0 Å². The number of nitrogens with one attached hydrogen (secondary N) is 1. The zero-order chi connectivity index (χ0) is 14.8. The lowest BCUT2D eigenvalue weighted by Crippen LogP contribution is -2.21. The number of rotatable bonds is 10. The van der Waals surface area contributed by atoms with Crippen LogP contribution in [-0.2, 0) is 11.2 Å². The van der Waals surface area contributed by atoms with Crippen molar-refractivity contribution in [3.63, 3.8) is 0 Å². The maximum atomic E-state index is 5.29. The Hall–Kier alpha value is -1.06. The van der Waals surface area contributed by atoms with E-state index in [0.29, 0.717) is 0 Å². The Labute approximate surface area is 123 Å². The highest BCUT2D eigenvalue weighted by atomic mass is 16.5. The zero-order valence-corrected chi connectivity index (χ0v) is 13.4. The Morgan fingerprint density at radius 1 is 1.15 bits per heavy atom. The molecule has 0 saturated heterocycles. The van der Waals surface area contributed by atoms with E-state index < -0.39 is 0 Å². The summed E-state index contributed by atoms with van der Waals surface area (Å²) in [5, 5.41) is 3.40. The van der Waals surface area contributed by atoms with Crippen molar-refractivity contribution in [2.24, 2.45) is 5.92 Å². The number of ether oxygens (including phenoxy) is 2. The van der Waals surface area contributed by atoms with Gasteiger partial charge in [-0.1, -0.05) is 19.1 Å². The van der Waals surface area contributed by atoms with Crippen LogP contribution < -0.4 is 10.1 Å². The molecular formula is C17H29NO2. The quantitative estimate of drug-likeness (QED) is 0.667. The molecule has 0 aromatic heterocycles. The maximum Gasteiger partial charge on any atom is 0.121 e. The summed E-state index contributed by atoms with van der Waals surface area (Å²) in [5.41, 5.74) is 2.63. The van der Waals surface area contributed by atoms with E-state index in [1.54, 1.807) is 14.2 Å². The predicted octanol–water partition coefficient (Wildman–Crippen LogP) is 3.20. The summed E-state index contributed by atoms with van der Waals surface area (Å²) in [6.45, 7) is 7.24. The van der Waals surface area contributed by atoms with Crippen LogP contribution in [0.4, 0.5) is 0 Å². The number of aryl methyl sites for hydroxylation is 2. The van der Waals surface area contributed by atoms with E-state index in [1.165, 1.54) is 24.0 Å². The third kappa shape index (κ3) is 6.40. The van der Waals surface area contributed by atoms with Gasteiger partial charge in [-0.15, -0.1) is 0 Å². The molecule has 3 nitrogen and oxygen atoms in total. The molecule has 0 aliphatic carbocycles. The van der Waals surface area contributed by atoms with Crippen LogP contribution in [0.15, 0.2) is 18.2 Å². The van der Waals surface area contributed by atoms with Gasteiger partial charge in [0.05, 0.1) is 13.7 Å². The zero-order valence-electron chi connectivity index (χ0n) is 13.4. The molecule has 0 radical (unpaired) electrons. The summed E-state index contributed by atoms with van der Waals surface area (Å²) in [6.07, 6.45) is 3.60. The summed E-state index contributed by atoms with van der Waals surface area (Å²) in [7, 11) is 3.46. The maximum absolute atomic E-state index is 5.29. The fourth-order valence-electron chi connectivity index (χ4n) is 2.30. The molecule has 0 amide bonds. The molecule has 0 aliphatic rings. The molecule has 1 unspecified atom stereocenters. The molecule has 0 saturated carbocycles. The van der Waals surface area contributed by atoms with Crippen molar-refractivity contribution in [2.45, 2.75) is 33.1 Å². The lowest BCUT2D eigenvalue weighted by atomic mass is 9.97. The minimum Gasteiger partial charge on any atom is -0.496 e. The number of hydrogen-bond donors (Lipinski definition) is 1. The molecule has 0 fully saturated rings. The second-order valence-electron chi connectivity index (χ2n) is 5.48. The van der Waals surface area contributed by atoms with Crippen molar-refractivity contribution in [1.82, 2.24) is 5.32 Å². The van der Waals surface area contributed by atoms with Crippen LogP contribution in [0.5, 0.6) is 5.75 Å². The van der Waals surface area contributed by atoms with Crippen LogP contribution in [-0.4, -0.2) is 33.9 Å². The minimum absolute atomic E-state index is 0.743. The third-order valence-electron chi connectivity index (χ3n) is 3.68. The van der Waals surface area contributed by atoms with E-state index in [9.17, 15) is 0 Å². The van der Waals surface area contributed by atoms with Crippen LogP contribution in [0, 0.1) is 12.8 Å². The number of hydrogen-bond acceptors (Lipinski definition) is 3.